The Kier molecular flexibility index (Phi) is 3.53. The summed E-state index contributed by atoms with van der Waals surface area (Å²) in [6.45, 7) is 5.55. The SMILES string of the molecule is CCC1CN(C)CCCN1c1nc2ccc(N)cc2[nH]1. The van der Waals surface area contributed by atoms with Crippen LogP contribution < -0.4 is 10.6 Å². The second-order valence-electron chi connectivity index (χ2n) is 5.71. The molecular weight excluding hydrogens is 250 g/mol. The average Bonchev–Trinajstić information content (AvgIpc) is 2.74. The molecule has 2 heterocycles. The third kappa shape index (κ3) is 2.45. The van der Waals surface area contributed by atoms with Crippen LogP contribution in [0.4, 0.5) is 11.6 Å². The van der Waals surface area contributed by atoms with Crippen molar-refractivity contribution in [1.29, 1.82) is 0 Å². The van der Waals surface area contributed by atoms with E-state index in [2.05, 4.69) is 28.8 Å². The van der Waals surface area contributed by atoms with Gasteiger partial charge in [-0.15, -0.1) is 0 Å². The molecule has 3 N–H and O–H groups in total. The van der Waals surface area contributed by atoms with Crippen LogP contribution in [-0.4, -0.2) is 47.6 Å². The zero-order chi connectivity index (χ0) is 14.1. The first-order valence-electron chi connectivity index (χ1n) is 7.38. The van der Waals surface area contributed by atoms with Crippen LogP contribution in [-0.2, 0) is 0 Å². The number of aromatic amines is 1. The lowest BCUT2D eigenvalue weighted by Crippen LogP contribution is -2.40. The molecule has 0 bridgehead atoms. The molecule has 1 unspecified atom stereocenters. The molecule has 1 saturated heterocycles. The fourth-order valence-corrected chi connectivity index (χ4v) is 3.02. The first-order valence-corrected chi connectivity index (χ1v) is 7.38. The number of anilines is 2. The molecule has 0 saturated carbocycles. The maximum absolute atomic E-state index is 5.84. The molecule has 1 atom stereocenters. The van der Waals surface area contributed by atoms with Gasteiger partial charge in [-0.1, -0.05) is 6.92 Å². The van der Waals surface area contributed by atoms with E-state index in [1.54, 1.807) is 0 Å². The Morgan fingerprint density at radius 2 is 2.25 bits per heavy atom. The van der Waals surface area contributed by atoms with Crippen LogP contribution in [0.1, 0.15) is 19.8 Å². The average molecular weight is 273 g/mol. The Balaban J connectivity index is 1.95. The number of hydrogen-bond donors (Lipinski definition) is 2. The predicted octanol–water partition coefficient (Wildman–Crippen LogP) is 2.07. The van der Waals surface area contributed by atoms with E-state index in [0.29, 0.717) is 6.04 Å². The van der Waals surface area contributed by atoms with Crippen LogP contribution in [0.15, 0.2) is 18.2 Å². The summed E-state index contributed by atoms with van der Waals surface area (Å²) >= 11 is 0. The van der Waals surface area contributed by atoms with E-state index in [-0.39, 0.29) is 0 Å². The quantitative estimate of drug-likeness (QED) is 0.822. The molecule has 0 radical (unpaired) electrons. The van der Waals surface area contributed by atoms with Gasteiger partial charge < -0.3 is 20.5 Å². The highest BCUT2D eigenvalue weighted by Crippen LogP contribution is 2.23. The normalized spacial score (nSPS) is 21.3. The fourth-order valence-electron chi connectivity index (χ4n) is 3.02. The molecule has 1 aliphatic heterocycles. The van der Waals surface area contributed by atoms with Crippen molar-refractivity contribution < 1.29 is 0 Å². The van der Waals surface area contributed by atoms with Crippen LogP contribution in [0.25, 0.3) is 11.0 Å². The Labute approximate surface area is 119 Å². The summed E-state index contributed by atoms with van der Waals surface area (Å²) in [6.07, 6.45) is 2.30. The van der Waals surface area contributed by atoms with Gasteiger partial charge in [0.25, 0.3) is 0 Å². The second-order valence-corrected chi connectivity index (χ2v) is 5.71. The summed E-state index contributed by atoms with van der Waals surface area (Å²) in [5.74, 6) is 0.979. The number of nitrogen functional groups attached to an aromatic ring is 1. The minimum Gasteiger partial charge on any atom is -0.399 e. The van der Waals surface area contributed by atoms with E-state index < -0.39 is 0 Å². The van der Waals surface area contributed by atoms with Crippen LogP contribution in [0.3, 0.4) is 0 Å². The Morgan fingerprint density at radius 1 is 1.40 bits per heavy atom. The van der Waals surface area contributed by atoms with Crippen molar-refractivity contribution in [3.05, 3.63) is 18.2 Å². The Bertz CT molecular complexity index is 591. The number of imidazole rings is 1. The van der Waals surface area contributed by atoms with Gasteiger partial charge in [0.15, 0.2) is 0 Å². The van der Waals surface area contributed by atoms with Crippen molar-refractivity contribution in [2.45, 2.75) is 25.8 Å². The fraction of sp³-hybridized carbons (Fsp3) is 0.533. The zero-order valence-corrected chi connectivity index (χ0v) is 12.3. The summed E-state index contributed by atoms with van der Waals surface area (Å²) in [7, 11) is 2.20. The maximum Gasteiger partial charge on any atom is 0.204 e. The molecule has 1 aliphatic rings. The van der Waals surface area contributed by atoms with Gasteiger partial charge >= 0.3 is 0 Å². The molecule has 1 aromatic heterocycles. The number of rotatable bonds is 2. The van der Waals surface area contributed by atoms with Crippen LogP contribution >= 0.6 is 0 Å². The van der Waals surface area contributed by atoms with Crippen LogP contribution in [0.5, 0.6) is 0 Å². The molecule has 2 aromatic rings. The van der Waals surface area contributed by atoms with E-state index in [1.165, 1.54) is 6.42 Å². The minimum absolute atomic E-state index is 0.514. The molecule has 20 heavy (non-hydrogen) atoms. The van der Waals surface area contributed by atoms with Crippen molar-refractivity contribution in [3.8, 4) is 0 Å². The standard InChI is InChI=1S/C15H23N5/c1-3-12-10-19(2)7-4-8-20(12)15-17-13-6-5-11(16)9-14(13)18-15/h5-6,9,12H,3-4,7-8,10,16H2,1-2H3,(H,17,18). The number of aromatic nitrogens is 2. The number of fused-ring (bicyclic) bond motifs is 1. The molecule has 0 amide bonds. The highest BCUT2D eigenvalue weighted by Gasteiger charge is 2.24. The lowest BCUT2D eigenvalue weighted by molar-refractivity contribution is 0.327. The largest absolute Gasteiger partial charge is 0.399 e. The molecule has 3 rings (SSSR count). The van der Waals surface area contributed by atoms with Gasteiger partial charge in [0, 0.05) is 24.8 Å². The second kappa shape index (κ2) is 5.32. The number of H-pyrrole nitrogens is 1. The first-order chi connectivity index (χ1) is 9.67. The van der Waals surface area contributed by atoms with Gasteiger partial charge in [-0.3, -0.25) is 0 Å². The molecular formula is C15H23N5. The van der Waals surface area contributed by atoms with Gasteiger partial charge in [-0.2, -0.15) is 0 Å². The highest BCUT2D eigenvalue weighted by atomic mass is 15.3. The molecule has 108 valence electrons. The molecule has 0 spiro atoms. The number of benzene rings is 1. The lowest BCUT2D eigenvalue weighted by atomic mass is 10.2. The number of hydrogen-bond acceptors (Lipinski definition) is 4. The van der Waals surface area contributed by atoms with E-state index >= 15 is 0 Å². The van der Waals surface area contributed by atoms with Crippen molar-refractivity contribution >= 4 is 22.7 Å². The molecule has 1 aromatic carbocycles. The van der Waals surface area contributed by atoms with Gasteiger partial charge in [0.05, 0.1) is 11.0 Å². The summed E-state index contributed by atoms with van der Waals surface area (Å²) < 4.78 is 0. The van der Waals surface area contributed by atoms with Gasteiger partial charge in [-0.05, 0) is 44.6 Å². The van der Waals surface area contributed by atoms with Crippen molar-refractivity contribution in [2.24, 2.45) is 0 Å². The van der Waals surface area contributed by atoms with Gasteiger partial charge in [-0.25, -0.2) is 4.98 Å². The summed E-state index contributed by atoms with van der Waals surface area (Å²) in [5.41, 5.74) is 8.62. The van der Waals surface area contributed by atoms with Crippen LogP contribution in [0, 0.1) is 0 Å². The topological polar surface area (TPSA) is 61.2 Å². The minimum atomic E-state index is 0.514. The zero-order valence-electron chi connectivity index (χ0n) is 12.3. The molecule has 0 aliphatic carbocycles. The summed E-state index contributed by atoms with van der Waals surface area (Å²) in [6, 6.07) is 6.35. The van der Waals surface area contributed by atoms with Crippen molar-refractivity contribution in [1.82, 2.24) is 14.9 Å². The molecule has 5 heteroatoms. The van der Waals surface area contributed by atoms with E-state index in [9.17, 15) is 0 Å². The lowest BCUT2D eigenvalue weighted by Gasteiger charge is -2.29. The Morgan fingerprint density at radius 3 is 3.05 bits per heavy atom. The number of nitrogens with two attached hydrogens (primary N) is 1. The van der Waals surface area contributed by atoms with E-state index in [0.717, 1.165) is 48.7 Å². The third-order valence-electron chi connectivity index (χ3n) is 4.14. The number of nitrogens with zero attached hydrogens (tertiary/aromatic N) is 3. The molecule has 1 fully saturated rings. The first kappa shape index (κ1) is 13.2. The van der Waals surface area contributed by atoms with E-state index in [1.807, 2.05) is 18.2 Å². The Hall–Kier alpha value is -1.75. The maximum atomic E-state index is 5.84. The van der Waals surface area contributed by atoms with Gasteiger partial charge in [0.1, 0.15) is 0 Å². The summed E-state index contributed by atoms with van der Waals surface area (Å²) in [4.78, 5) is 13.0. The monoisotopic (exact) mass is 273 g/mol. The van der Waals surface area contributed by atoms with Crippen molar-refractivity contribution in [3.63, 3.8) is 0 Å². The van der Waals surface area contributed by atoms with Crippen LogP contribution in [0.2, 0.25) is 0 Å². The van der Waals surface area contributed by atoms with Crippen molar-refractivity contribution in [2.75, 3.05) is 37.3 Å². The number of nitrogens with one attached hydrogen (secondary N) is 1. The predicted molar refractivity (Wildman–Crippen MR) is 84.0 cm³/mol. The van der Waals surface area contributed by atoms with E-state index in [4.69, 9.17) is 10.7 Å². The number of likely N-dealkylation sites (N-methyl/N-ethyl adjacent to an activating group) is 1. The highest BCUT2D eigenvalue weighted by molar-refractivity contribution is 5.80. The van der Waals surface area contributed by atoms with Gasteiger partial charge in [0.2, 0.25) is 5.95 Å². The summed E-state index contributed by atoms with van der Waals surface area (Å²) in [5, 5.41) is 0. The smallest absolute Gasteiger partial charge is 0.204 e. The third-order valence-corrected chi connectivity index (χ3v) is 4.14. The molecule has 5 nitrogen and oxygen atoms in total.